The number of anilines is 1. The van der Waals surface area contributed by atoms with Crippen LogP contribution in [0.1, 0.15) is 6.42 Å². The van der Waals surface area contributed by atoms with Crippen molar-refractivity contribution in [1.82, 2.24) is 9.88 Å². The molecule has 29 heavy (non-hydrogen) atoms. The monoisotopic (exact) mass is 437 g/mol. The molecule has 3 rings (SSSR count). The third-order valence-electron chi connectivity index (χ3n) is 4.13. The van der Waals surface area contributed by atoms with E-state index < -0.39 is 15.7 Å². The molecule has 154 valence electrons. The van der Waals surface area contributed by atoms with Gasteiger partial charge in [-0.2, -0.15) is 4.98 Å². The molecule has 0 amide bonds. The molecule has 0 saturated carbocycles. The van der Waals surface area contributed by atoms with Crippen molar-refractivity contribution in [2.45, 2.75) is 16.3 Å². The highest BCUT2D eigenvalue weighted by Crippen LogP contribution is 2.32. The van der Waals surface area contributed by atoms with Crippen LogP contribution in [0.15, 0.2) is 62.9 Å². The maximum absolute atomic E-state index is 13.2. The van der Waals surface area contributed by atoms with Crippen LogP contribution < -0.4 is 5.32 Å². The minimum Gasteiger partial charge on any atom is -0.419 e. The van der Waals surface area contributed by atoms with Gasteiger partial charge in [0.1, 0.15) is 5.82 Å². The minimum atomic E-state index is -3.95. The Balaban J connectivity index is 1.98. The van der Waals surface area contributed by atoms with Gasteiger partial charge >= 0.3 is 0 Å². The van der Waals surface area contributed by atoms with Crippen molar-refractivity contribution < 1.29 is 17.2 Å². The lowest BCUT2D eigenvalue weighted by Gasteiger charge is -2.10. The SMILES string of the molecule is CN(C)CCCNc1oc(-c2ccc(F)cc2)nc1S(=O)(=O)c1ccc(Cl)cc1. The molecular weight excluding hydrogens is 417 g/mol. The van der Waals surface area contributed by atoms with Gasteiger partial charge in [-0.25, -0.2) is 12.8 Å². The Labute approximate surface area is 174 Å². The van der Waals surface area contributed by atoms with Gasteiger partial charge in [-0.05, 0) is 75.6 Å². The topological polar surface area (TPSA) is 75.4 Å². The van der Waals surface area contributed by atoms with Crippen LogP contribution in [0.3, 0.4) is 0 Å². The number of oxazole rings is 1. The van der Waals surface area contributed by atoms with Gasteiger partial charge in [0, 0.05) is 17.1 Å². The zero-order chi connectivity index (χ0) is 21.0. The highest BCUT2D eigenvalue weighted by molar-refractivity contribution is 7.91. The summed E-state index contributed by atoms with van der Waals surface area (Å²) in [6.45, 7) is 1.32. The Morgan fingerprint density at radius 3 is 2.38 bits per heavy atom. The molecule has 1 N–H and O–H groups in total. The zero-order valence-electron chi connectivity index (χ0n) is 16.0. The Kier molecular flexibility index (Phi) is 6.56. The van der Waals surface area contributed by atoms with E-state index in [1.54, 1.807) is 0 Å². The Morgan fingerprint density at radius 2 is 1.76 bits per heavy atom. The standard InChI is InChI=1S/C20H21ClFN3O3S/c1-25(2)13-3-12-23-19-20(29(26,27)17-10-6-15(21)7-11-17)24-18(28-19)14-4-8-16(22)9-5-14/h4-11,23H,3,12-13H2,1-2H3. The smallest absolute Gasteiger partial charge is 0.233 e. The molecule has 0 spiro atoms. The van der Waals surface area contributed by atoms with Gasteiger partial charge in [0.2, 0.25) is 26.6 Å². The predicted octanol–water partition coefficient (Wildman–Crippen LogP) is 4.33. The van der Waals surface area contributed by atoms with E-state index in [1.807, 2.05) is 19.0 Å². The van der Waals surface area contributed by atoms with Gasteiger partial charge in [0.15, 0.2) is 0 Å². The van der Waals surface area contributed by atoms with E-state index in [9.17, 15) is 12.8 Å². The first-order chi connectivity index (χ1) is 13.8. The summed E-state index contributed by atoms with van der Waals surface area (Å²) < 4.78 is 45.2. The van der Waals surface area contributed by atoms with Crippen LogP contribution in [-0.4, -0.2) is 45.5 Å². The van der Waals surface area contributed by atoms with Gasteiger partial charge in [-0.3, -0.25) is 0 Å². The molecule has 9 heteroatoms. The largest absolute Gasteiger partial charge is 0.419 e. The van der Waals surface area contributed by atoms with Crippen LogP contribution in [0.5, 0.6) is 0 Å². The van der Waals surface area contributed by atoms with Gasteiger partial charge in [0.25, 0.3) is 0 Å². The quantitative estimate of drug-likeness (QED) is 0.528. The second-order valence-corrected chi connectivity index (χ2v) is 9.00. The van der Waals surface area contributed by atoms with Crippen molar-refractivity contribution in [3.05, 3.63) is 59.4 Å². The van der Waals surface area contributed by atoms with Crippen LogP contribution in [-0.2, 0) is 9.84 Å². The molecule has 0 aliphatic rings. The fraction of sp³-hybridized carbons (Fsp3) is 0.250. The van der Waals surface area contributed by atoms with E-state index >= 15 is 0 Å². The van der Waals surface area contributed by atoms with Gasteiger partial charge < -0.3 is 14.6 Å². The highest BCUT2D eigenvalue weighted by Gasteiger charge is 2.28. The number of rotatable bonds is 8. The average Bonchev–Trinajstić information content (AvgIpc) is 3.11. The fourth-order valence-corrected chi connectivity index (χ4v) is 4.04. The molecular formula is C20H21ClFN3O3S. The second-order valence-electron chi connectivity index (χ2n) is 6.70. The van der Waals surface area contributed by atoms with E-state index in [-0.39, 0.29) is 21.7 Å². The molecule has 6 nitrogen and oxygen atoms in total. The molecule has 0 radical (unpaired) electrons. The number of aromatic nitrogens is 1. The van der Waals surface area contributed by atoms with Crippen molar-refractivity contribution >= 4 is 27.3 Å². The Morgan fingerprint density at radius 1 is 1.10 bits per heavy atom. The summed E-state index contributed by atoms with van der Waals surface area (Å²) in [7, 11) is -0.0340. The number of nitrogens with zero attached hydrogens (tertiary/aromatic N) is 2. The molecule has 0 atom stereocenters. The van der Waals surface area contributed by atoms with Gasteiger partial charge in [0.05, 0.1) is 4.90 Å². The average molecular weight is 438 g/mol. The van der Waals surface area contributed by atoms with Crippen molar-refractivity contribution in [2.24, 2.45) is 0 Å². The molecule has 0 aliphatic carbocycles. The first kappa shape index (κ1) is 21.3. The van der Waals surface area contributed by atoms with E-state index in [2.05, 4.69) is 10.3 Å². The van der Waals surface area contributed by atoms with Crippen LogP contribution in [0.4, 0.5) is 10.3 Å². The summed E-state index contributed by atoms with van der Waals surface area (Å²) in [4.78, 5) is 6.29. The molecule has 1 aromatic heterocycles. The lowest BCUT2D eigenvalue weighted by Crippen LogP contribution is -2.17. The molecule has 0 aliphatic heterocycles. The van der Waals surface area contributed by atoms with E-state index in [1.165, 1.54) is 48.5 Å². The van der Waals surface area contributed by atoms with Crippen LogP contribution >= 0.6 is 11.6 Å². The van der Waals surface area contributed by atoms with Crippen LogP contribution in [0, 0.1) is 5.82 Å². The molecule has 0 bridgehead atoms. The molecule has 3 aromatic rings. The zero-order valence-corrected chi connectivity index (χ0v) is 17.6. The third kappa shape index (κ3) is 5.14. The molecule has 0 saturated heterocycles. The summed E-state index contributed by atoms with van der Waals surface area (Å²) in [5.74, 6) is -0.262. The Bertz CT molecular complexity index is 1070. The number of nitrogens with one attached hydrogen (secondary N) is 1. The lowest BCUT2D eigenvalue weighted by molar-refractivity contribution is 0.404. The molecule has 1 heterocycles. The van der Waals surface area contributed by atoms with Gasteiger partial charge in [-0.15, -0.1) is 0 Å². The summed E-state index contributed by atoms with van der Waals surface area (Å²) in [6.07, 6.45) is 0.778. The summed E-state index contributed by atoms with van der Waals surface area (Å²) in [5.41, 5.74) is 0.472. The van der Waals surface area contributed by atoms with E-state index in [0.29, 0.717) is 17.1 Å². The van der Waals surface area contributed by atoms with Crippen molar-refractivity contribution in [3.8, 4) is 11.5 Å². The number of hydrogen-bond acceptors (Lipinski definition) is 6. The van der Waals surface area contributed by atoms with Crippen molar-refractivity contribution in [1.29, 1.82) is 0 Å². The third-order valence-corrected chi connectivity index (χ3v) is 6.06. The summed E-state index contributed by atoms with van der Waals surface area (Å²) in [5, 5.41) is 3.23. The molecule has 2 aromatic carbocycles. The van der Waals surface area contributed by atoms with Crippen LogP contribution in [0.2, 0.25) is 5.02 Å². The van der Waals surface area contributed by atoms with Crippen LogP contribution in [0.25, 0.3) is 11.5 Å². The number of benzene rings is 2. The predicted molar refractivity (Wildman–Crippen MR) is 110 cm³/mol. The fourth-order valence-electron chi connectivity index (χ4n) is 2.64. The highest BCUT2D eigenvalue weighted by atomic mass is 35.5. The normalized spacial score (nSPS) is 11.8. The van der Waals surface area contributed by atoms with E-state index in [4.69, 9.17) is 16.0 Å². The number of sulfone groups is 1. The maximum atomic E-state index is 13.2. The first-order valence-electron chi connectivity index (χ1n) is 8.93. The minimum absolute atomic E-state index is 0.0530. The van der Waals surface area contributed by atoms with Gasteiger partial charge in [-0.1, -0.05) is 11.6 Å². The Hall–Kier alpha value is -2.42. The number of hydrogen-bond donors (Lipinski definition) is 1. The summed E-state index contributed by atoms with van der Waals surface area (Å²) >= 11 is 5.87. The second kappa shape index (κ2) is 8.94. The maximum Gasteiger partial charge on any atom is 0.233 e. The first-order valence-corrected chi connectivity index (χ1v) is 10.8. The van der Waals surface area contributed by atoms with Crippen molar-refractivity contribution in [2.75, 3.05) is 32.5 Å². The van der Waals surface area contributed by atoms with E-state index in [0.717, 1.165) is 13.0 Å². The summed E-state index contributed by atoms with van der Waals surface area (Å²) in [6, 6.07) is 11.3. The molecule has 0 fully saturated rings. The number of halogens is 2. The molecule has 0 unspecified atom stereocenters. The van der Waals surface area contributed by atoms with Crippen molar-refractivity contribution in [3.63, 3.8) is 0 Å². The lowest BCUT2D eigenvalue weighted by atomic mass is 10.2.